The van der Waals surface area contributed by atoms with Crippen LogP contribution in [-0.4, -0.2) is 27.7 Å². The summed E-state index contributed by atoms with van der Waals surface area (Å²) in [4.78, 5) is 0.207. The van der Waals surface area contributed by atoms with E-state index in [1.165, 1.54) is 0 Å². The van der Waals surface area contributed by atoms with Crippen molar-refractivity contribution in [1.29, 1.82) is 0 Å². The highest BCUT2D eigenvalue weighted by molar-refractivity contribution is 7.86. The topological polar surface area (TPSA) is 52.6 Å². The summed E-state index contributed by atoms with van der Waals surface area (Å²) in [7, 11) is -2.10. The van der Waals surface area contributed by atoms with Crippen LogP contribution in [0.5, 0.6) is 0 Å². The second kappa shape index (κ2) is 6.03. The lowest BCUT2D eigenvalue weighted by Gasteiger charge is -2.29. The fourth-order valence-electron chi connectivity index (χ4n) is 2.37. The number of rotatable bonds is 4. The maximum Gasteiger partial charge on any atom is 0.297 e. The van der Waals surface area contributed by atoms with Gasteiger partial charge in [0.25, 0.3) is 10.1 Å². The first kappa shape index (κ1) is 14.5. The highest BCUT2D eigenvalue weighted by Crippen LogP contribution is 2.26. The molecule has 0 radical (unpaired) electrons. The molecule has 0 saturated heterocycles. The number of hydrogen-bond acceptors (Lipinski definition) is 4. The third-order valence-corrected chi connectivity index (χ3v) is 4.85. The summed E-state index contributed by atoms with van der Waals surface area (Å²) in [6.07, 6.45) is 3.12. The van der Waals surface area contributed by atoms with Gasteiger partial charge in [0, 0.05) is 7.11 Å². The largest absolute Gasteiger partial charge is 0.379 e. The molecule has 1 unspecified atom stereocenters. The number of ether oxygens (including phenoxy) is 1. The maximum atomic E-state index is 12.2. The van der Waals surface area contributed by atoms with Crippen LogP contribution in [0.2, 0.25) is 0 Å². The van der Waals surface area contributed by atoms with E-state index in [0.29, 0.717) is 0 Å². The highest BCUT2D eigenvalue weighted by Gasteiger charge is 2.31. The highest BCUT2D eigenvalue weighted by atomic mass is 32.2. The molecule has 4 nitrogen and oxygen atoms in total. The van der Waals surface area contributed by atoms with Gasteiger partial charge in [-0.15, -0.1) is 0 Å². The fraction of sp³-hybridized carbons (Fsp3) is 0.571. The quantitative estimate of drug-likeness (QED) is 0.798. The molecule has 2 atom stereocenters. The van der Waals surface area contributed by atoms with E-state index in [0.717, 1.165) is 31.2 Å². The summed E-state index contributed by atoms with van der Waals surface area (Å²) >= 11 is 0. The van der Waals surface area contributed by atoms with Crippen LogP contribution in [0.4, 0.5) is 0 Å². The van der Waals surface area contributed by atoms with Gasteiger partial charge < -0.3 is 4.74 Å². The fourth-order valence-corrected chi connectivity index (χ4v) is 3.49. The molecule has 2 rings (SSSR count). The summed E-state index contributed by atoms with van der Waals surface area (Å²) in [5.74, 6) is 0. The molecule has 0 bridgehead atoms. The molecule has 106 valence electrons. The summed E-state index contributed by atoms with van der Waals surface area (Å²) < 4.78 is 35.1. The van der Waals surface area contributed by atoms with Crippen molar-refractivity contribution in [3.8, 4) is 0 Å². The molecule has 19 heavy (non-hydrogen) atoms. The van der Waals surface area contributed by atoms with E-state index in [-0.39, 0.29) is 17.1 Å². The van der Waals surface area contributed by atoms with Crippen molar-refractivity contribution in [1.82, 2.24) is 0 Å². The number of benzene rings is 1. The van der Waals surface area contributed by atoms with Gasteiger partial charge in [-0.2, -0.15) is 8.42 Å². The Morgan fingerprint density at radius 1 is 1.05 bits per heavy atom. The van der Waals surface area contributed by atoms with Crippen molar-refractivity contribution in [2.45, 2.75) is 49.7 Å². The third-order valence-electron chi connectivity index (χ3n) is 3.50. The lowest BCUT2D eigenvalue weighted by Crippen LogP contribution is -2.35. The van der Waals surface area contributed by atoms with E-state index < -0.39 is 10.1 Å². The smallest absolute Gasteiger partial charge is 0.297 e. The lowest BCUT2D eigenvalue weighted by molar-refractivity contribution is -0.0200. The standard InChI is InChI=1S/C14H20O4S/c1-11-7-9-12(10-8-11)19(15,16)18-14-6-4-3-5-13(14)17-2/h7-10,13-14H,3-6H2,1-2H3/t13?,14-/m0/s1. The zero-order chi connectivity index (χ0) is 13.9. The van der Waals surface area contributed by atoms with Crippen molar-refractivity contribution in [2.75, 3.05) is 7.11 Å². The van der Waals surface area contributed by atoms with Gasteiger partial charge in [0.2, 0.25) is 0 Å². The van der Waals surface area contributed by atoms with E-state index in [2.05, 4.69) is 0 Å². The van der Waals surface area contributed by atoms with Crippen LogP contribution in [0.25, 0.3) is 0 Å². The molecule has 0 amide bonds. The van der Waals surface area contributed by atoms with E-state index >= 15 is 0 Å². The second-order valence-corrected chi connectivity index (χ2v) is 6.53. The van der Waals surface area contributed by atoms with Gasteiger partial charge in [-0.3, -0.25) is 4.18 Å². The summed E-state index contributed by atoms with van der Waals surface area (Å²) in [5, 5.41) is 0. The molecule has 0 aromatic heterocycles. The molecule has 0 N–H and O–H groups in total. The van der Waals surface area contributed by atoms with Crippen LogP contribution in [0.15, 0.2) is 29.2 Å². The molecule has 0 heterocycles. The van der Waals surface area contributed by atoms with Crippen LogP contribution >= 0.6 is 0 Å². The molecule has 5 heteroatoms. The Kier molecular flexibility index (Phi) is 4.60. The number of hydrogen-bond donors (Lipinski definition) is 0. The van der Waals surface area contributed by atoms with E-state index in [1.54, 1.807) is 31.4 Å². The molecule has 0 spiro atoms. The van der Waals surface area contributed by atoms with Gasteiger partial charge in [-0.25, -0.2) is 0 Å². The number of methoxy groups -OCH3 is 1. The molecule has 1 aliphatic carbocycles. The zero-order valence-corrected chi connectivity index (χ0v) is 12.2. The van der Waals surface area contributed by atoms with E-state index in [9.17, 15) is 8.42 Å². The van der Waals surface area contributed by atoms with Crippen molar-refractivity contribution in [2.24, 2.45) is 0 Å². The Morgan fingerprint density at radius 3 is 2.21 bits per heavy atom. The minimum atomic E-state index is -3.70. The first-order valence-electron chi connectivity index (χ1n) is 6.55. The Labute approximate surface area is 114 Å². The SMILES string of the molecule is COC1CCCC[C@@H]1OS(=O)(=O)c1ccc(C)cc1. The van der Waals surface area contributed by atoms with Crippen LogP contribution < -0.4 is 0 Å². The average Bonchev–Trinajstić information content (AvgIpc) is 2.39. The molecule has 1 aromatic rings. The summed E-state index contributed by atoms with van der Waals surface area (Å²) in [6.45, 7) is 1.92. The first-order valence-corrected chi connectivity index (χ1v) is 7.96. The number of aryl methyl sites for hydroxylation is 1. The van der Waals surface area contributed by atoms with Gasteiger partial charge in [0.05, 0.1) is 11.0 Å². The lowest BCUT2D eigenvalue weighted by atomic mass is 9.95. The molecule has 1 aliphatic rings. The molecule has 1 aromatic carbocycles. The molecular weight excluding hydrogens is 264 g/mol. The van der Waals surface area contributed by atoms with Crippen LogP contribution in [0, 0.1) is 6.92 Å². The predicted molar refractivity (Wildman–Crippen MR) is 72.5 cm³/mol. The van der Waals surface area contributed by atoms with Crippen molar-refractivity contribution >= 4 is 10.1 Å². The Morgan fingerprint density at radius 2 is 1.63 bits per heavy atom. The van der Waals surface area contributed by atoms with Crippen molar-refractivity contribution in [3.05, 3.63) is 29.8 Å². The molecular formula is C14H20O4S. The molecule has 1 fully saturated rings. The summed E-state index contributed by atoms with van der Waals surface area (Å²) in [6, 6.07) is 6.69. The Balaban J connectivity index is 2.14. The maximum absolute atomic E-state index is 12.2. The van der Waals surface area contributed by atoms with Gasteiger partial charge in [0.1, 0.15) is 6.10 Å². The zero-order valence-electron chi connectivity index (χ0n) is 11.3. The first-order chi connectivity index (χ1) is 9.03. The molecule has 0 aliphatic heterocycles. The molecule has 1 saturated carbocycles. The normalized spacial score (nSPS) is 24.3. The van der Waals surface area contributed by atoms with E-state index in [4.69, 9.17) is 8.92 Å². The second-order valence-electron chi connectivity index (χ2n) is 4.96. The third kappa shape index (κ3) is 3.55. The monoisotopic (exact) mass is 284 g/mol. The Bertz CT molecular complexity index is 507. The van der Waals surface area contributed by atoms with Crippen LogP contribution in [0.3, 0.4) is 0 Å². The summed E-state index contributed by atoms with van der Waals surface area (Å²) in [5.41, 5.74) is 1.02. The average molecular weight is 284 g/mol. The van der Waals surface area contributed by atoms with Crippen molar-refractivity contribution in [3.63, 3.8) is 0 Å². The van der Waals surface area contributed by atoms with Gasteiger partial charge in [0.15, 0.2) is 0 Å². The minimum Gasteiger partial charge on any atom is -0.379 e. The van der Waals surface area contributed by atoms with Gasteiger partial charge in [-0.1, -0.05) is 30.5 Å². The van der Waals surface area contributed by atoms with Crippen LogP contribution in [-0.2, 0) is 19.0 Å². The minimum absolute atomic E-state index is 0.131. The van der Waals surface area contributed by atoms with Gasteiger partial charge >= 0.3 is 0 Å². The van der Waals surface area contributed by atoms with E-state index in [1.807, 2.05) is 6.92 Å². The predicted octanol–water partition coefficient (Wildman–Crippen LogP) is 2.66. The van der Waals surface area contributed by atoms with Gasteiger partial charge in [-0.05, 0) is 31.9 Å². The van der Waals surface area contributed by atoms with Crippen LogP contribution in [0.1, 0.15) is 31.2 Å². The Hall–Kier alpha value is -0.910. The van der Waals surface area contributed by atoms with Crippen molar-refractivity contribution < 1.29 is 17.3 Å².